The number of rotatable bonds is 18. The van der Waals surface area contributed by atoms with Crippen LogP contribution in [0.4, 0.5) is 0 Å². The van der Waals surface area contributed by atoms with Crippen molar-refractivity contribution in [3.05, 3.63) is 0 Å². The zero-order valence-electron chi connectivity index (χ0n) is 23.4. The summed E-state index contributed by atoms with van der Waals surface area (Å²) in [5.41, 5.74) is 16.5. The lowest BCUT2D eigenvalue weighted by atomic mass is 10.1. The second kappa shape index (κ2) is 18.4. The van der Waals surface area contributed by atoms with Gasteiger partial charge >= 0.3 is 5.97 Å². The second-order valence-corrected chi connectivity index (χ2v) is 10.6. The Hall–Kier alpha value is -3.09. The van der Waals surface area contributed by atoms with Crippen molar-refractivity contribution in [1.29, 1.82) is 0 Å². The van der Waals surface area contributed by atoms with Crippen LogP contribution in [0.5, 0.6) is 0 Å². The van der Waals surface area contributed by atoms with Crippen molar-refractivity contribution in [3.8, 4) is 0 Å². The highest BCUT2D eigenvalue weighted by atomic mass is 32.1. The number of nitrogens with one attached hydrogen (secondary N) is 4. The molecule has 0 aromatic rings. The Balaban J connectivity index is 2.94. The lowest BCUT2D eigenvalue weighted by molar-refractivity contribution is -0.142. The number of amides is 6. The molecule has 0 bridgehead atoms. The molecule has 6 amide bonds. The molecule has 1 aliphatic heterocycles. The van der Waals surface area contributed by atoms with E-state index in [1.807, 2.05) is 0 Å². The fraction of sp³-hybridized carbons (Fsp3) is 0.708. The topological polar surface area (TPSA) is 269 Å². The fourth-order valence-corrected chi connectivity index (χ4v) is 4.57. The maximum absolute atomic E-state index is 13.4. The Morgan fingerprint density at radius 2 is 1.52 bits per heavy atom. The monoisotopic (exact) mass is 634 g/mol. The van der Waals surface area contributed by atoms with E-state index >= 15 is 0 Å². The molecule has 1 aliphatic rings. The van der Waals surface area contributed by atoms with E-state index in [0.717, 1.165) is 0 Å². The maximum atomic E-state index is 13.4. The molecule has 16 nitrogen and oxygen atoms in total. The van der Waals surface area contributed by atoms with Crippen LogP contribution >= 0.6 is 25.3 Å². The summed E-state index contributed by atoms with van der Waals surface area (Å²) >= 11 is 7.86. The number of carbonyl (C=O) groups excluding carboxylic acids is 6. The first kappa shape index (κ1) is 36.9. The third-order valence-corrected chi connectivity index (χ3v) is 7.28. The lowest BCUT2D eigenvalue weighted by Crippen LogP contribution is -2.58. The maximum Gasteiger partial charge on any atom is 0.327 e. The predicted octanol–water partition coefficient (Wildman–Crippen LogP) is -3.79. The SMILES string of the molecule is C[C@H](NC(=O)[C@@H]1CCCN1C(=O)[C@H](CCCCN)NC(=O)[C@@H](N)CS)C(=O)N[C@@H](CC(N)=O)C(=O)N[C@@H](CS)C(=O)O. The van der Waals surface area contributed by atoms with Gasteiger partial charge in [0.15, 0.2) is 0 Å². The number of aliphatic carboxylic acids is 1. The van der Waals surface area contributed by atoms with Gasteiger partial charge in [0.25, 0.3) is 0 Å². The Kier molecular flexibility index (Phi) is 16.2. The van der Waals surface area contributed by atoms with Crippen LogP contribution in [0.15, 0.2) is 0 Å². The standard InChI is InChI=1S/C24H42N8O8S2/c1-12(19(34)30-15(9-18(27)33)21(36)31-16(11-42)24(39)40)28-22(37)17-6-4-8-32(17)23(38)14(5-2-3-7-25)29-20(35)13(26)10-41/h12-17,41-42H,2-11,25-26H2,1H3,(H2,27,33)(H,28,37)(H,29,35)(H,30,34)(H,31,36)(H,39,40)/t12-,13-,14-,15-,16-,17-/m0/s1. The molecule has 0 aromatic carbocycles. The van der Waals surface area contributed by atoms with Crippen LogP contribution in [-0.4, -0.2) is 112 Å². The number of likely N-dealkylation sites (tertiary alicyclic amines) is 1. The highest BCUT2D eigenvalue weighted by Crippen LogP contribution is 2.20. The van der Waals surface area contributed by atoms with E-state index in [1.165, 1.54) is 11.8 Å². The zero-order valence-corrected chi connectivity index (χ0v) is 25.2. The first-order valence-electron chi connectivity index (χ1n) is 13.5. The number of hydrogen-bond acceptors (Lipinski definition) is 11. The van der Waals surface area contributed by atoms with E-state index in [-0.39, 0.29) is 24.5 Å². The van der Waals surface area contributed by atoms with Gasteiger partial charge in [0, 0.05) is 18.1 Å². The summed E-state index contributed by atoms with van der Waals surface area (Å²) in [6, 6.07) is -6.91. The van der Waals surface area contributed by atoms with Gasteiger partial charge in [-0.25, -0.2) is 4.79 Å². The quantitative estimate of drug-likeness (QED) is 0.0519. The van der Waals surface area contributed by atoms with Gasteiger partial charge in [-0.2, -0.15) is 25.3 Å². The van der Waals surface area contributed by atoms with Crippen LogP contribution in [-0.2, 0) is 33.6 Å². The van der Waals surface area contributed by atoms with Crippen molar-refractivity contribution in [3.63, 3.8) is 0 Å². The third-order valence-electron chi connectivity index (χ3n) is 6.52. The van der Waals surface area contributed by atoms with Crippen LogP contribution in [0.2, 0.25) is 0 Å². The molecule has 1 fully saturated rings. The number of nitrogens with zero attached hydrogens (tertiary/aromatic N) is 1. The van der Waals surface area contributed by atoms with Crippen LogP contribution in [0.3, 0.4) is 0 Å². The highest BCUT2D eigenvalue weighted by molar-refractivity contribution is 7.80. The van der Waals surface area contributed by atoms with Crippen LogP contribution in [0.25, 0.3) is 0 Å². The molecule has 1 saturated heterocycles. The molecule has 0 spiro atoms. The van der Waals surface area contributed by atoms with Crippen molar-refractivity contribution in [2.75, 3.05) is 24.6 Å². The number of carboxylic acids is 1. The van der Waals surface area contributed by atoms with E-state index in [2.05, 4.69) is 46.5 Å². The van der Waals surface area contributed by atoms with Crippen molar-refractivity contribution < 1.29 is 38.7 Å². The van der Waals surface area contributed by atoms with Gasteiger partial charge in [-0.1, -0.05) is 0 Å². The minimum absolute atomic E-state index is 0.0710. The van der Waals surface area contributed by atoms with Gasteiger partial charge < -0.3 is 48.5 Å². The molecule has 6 atom stereocenters. The molecule has 42 heavy (non-hydrogen) atoms. The third kappa shape index (κ3) is 11.7. The van der Waals surface area contributed by atoms with Gasteiger partial charge in [-0.15, -0.1) is 0 Å². The number of unbranched alkanes of at least 4 members (excludes halogenated alkanes) is 1. The van der Waals surface area contributed by atoms with Crippen LogP contribution in [0.1, 0.15) is 45.4 Å². The molecule has 18 heteroatoms. The molecule has 0 saturated carbocycles. The summed E-state index contributed by atoms with van der Waals surface area (Å²) in [7, 11) is 0. The fourth-order valence-electron chi connectivity index (χ4n) is 4.16. The number of hydrogen-bond donors (Lipinski definition) is 10. The van der Waals surface area contributed by atoms with Gasteiger partial charge in [0.1, 0.15) is 30.2 Å². The molecule has 0 radical (unpaired) electrons. The summed E-state index contributed by atoms with van der Waals surface area (Å²) < 4.78 is 0. The van der Waals surface area contributed by atoms with Gasteiger partial charge in [0.2, 0.25) is 35.4 Å². The first-order valence-corrected chi connectivity index (χ1v) is 14.7. The molecule has 238 valence electrons. The Morgan fingerprint density at radius 3 is 2.07 bits per heavy atom. The van der Waals surface area contributed by atoms with E-state index in [0.29, 0.717) is 32.2 Å². The minimum atomic E-state index is -1.51. The molecular formula is C24H42N8O8S2. The van der Waals surface area contributed by atoms with Crippen LogP contribution in [0, 0.1) is 0 Å². The molecule has 0 aromatic heterocycles. The van der Waals surface area contributed by atoms with Gasteiger partial charge in [-0.3, -0.25) is 28.8 Å². The number of primary amides is 1. The Labute approximate surface area is 254 Å². The van der Waals surface area contributed by atoms with Crippen LogP contribution < -0.4 is 38.5 Å². The van der Waals surface area contributed by atoms with Crippen molar-refractivity contribution in [2.45, 2.75) is 81.7 Å². The van der Waals surface area contributed by atoms with E-state index in [1.54, 1.807) is 0 Å². The molecular weight excluding hydrogens is 592 g/mol. The van der Waals surface area contributed by atoms with Gasteiger partial charge in [0.05, 0.1) is 12.5 Å². The molecule has 0 unspecified atom stereocenters. The predicted molar refractivity (Wildman–Crippen MR) is 158 cm³/mol. The summed E-state index contributed by atoms with van der Waals surface area (Å²) in [4.78, 5) is 88.4. The van der Waals surface area contributed by atoms with E-state index in [9.17, 15) is 33.6 Å². The Bertz CT molecular complexity index is 1000. The summed E-state index contributed by atoms with van der Waals surface area (Å²) in [5.74, 6) is -5.99. The van der Waals surface area contributed by atoms with E-state index in [4.69, 9.17) is 22.3 Å². The number of nitrogens with two attached hydrogens (primary N) is 3. The molecule has 0 aliphatic carbocycles. The van der Waals surface area contributed by atoms with E-state index < -0.39 is 84.1 Å². The molecule has 1 rings (SSSR count). The van der Waals surface area contributed by atoms with Gasteiger partial charge in [-0.05, 0) is 45.6 Å². The highest BCUT2D eigenvalue weighted by Gasteiger charge is 2.39. The Morgan fingerprint density at radius 1 is 0.905 bits per heavy atom. The zero-order chi connectivity index (χ0) is 32.0. The second-order valence-electron chi connectivity index (χ2n) is 9.87. The summed E-state index contributed by atoms with van der Waals surface area (Å²) in [5, 5.41) is 18.7. The summed E-state index contributed by atoms with van der Waals surface area (Å²) in [6.45, 7) is 1.98. The summed E-state index contributed by atoms with van der Waals surface area (Å²) in [6.07, 6.45) is 1.63. The first-order chi connectivity index (χ1) is 19.8. The average Bonchev–Trinajstić information content (AvgIpc) is 3.43. The largest absolute Gasteiger partial charge is 0.480 e. The minimum Gasteiger partial charge on any atom is -0.480 e. The number of carbonyl (C=O) groups is 7. The van der Waals surface area contributed by atoms with Crippen molar-refractivity contribution in [2.24, 2.45) is 17.2 Å². The molecule has 1 heterocycles. The average molecular weight is 635 g/mol. The normalized spacial score (nSPS) is 18.1. The smallest absolute Gasteiger partial charge is 0.327 e. The lowest BCUT2D eigenvalue weighted by Gasteiger charge is -2.30. The number of carboxylic acid groups (broad SMARTS) is 1. The number of thiol groups is 2. The van der Waals surface area contributed by atoms with Crippen molar-refractivity contribution >= 4 is 66.7 Å². The molecule has 11 N–H and O–H groups in total. The van der Waals surface area contributed by atoms with Crippen molar-refractivity contribution in [1.82, 2.24) is 26.2 Å².